The lowest BCUT2D eigenvalue weighted by atomic mass is 10.4. The van der Waals surface area contributed by atoms with E-state index in [2.05, 4.69) is 21.0 Å². The topological polar surface area (TPSA) is 86.9 Å². The van der Waals surface area contributed by atoms with Crippen molar-refractivity contribution in [2.24, 2.45) is 5.73 Å². The van der Waals surface area contributed by atoms with Gasteiger partial charge < -0.3 is 11.5 Å². The number of rotatable bonds is 3. The van der Waals surface area contributed by atoms with Gasteiger partial charge in [0.15, 0.2) is 5.82 Å². The van der Waals surface area contributed by atoms with Crippen molar-refractivity contribution in [3.05, 3.63) is 10.7 Å². The van der Waals surface area contributed by atoms with E-state index in [1.54, 1.807) is 10.9 Å². The molecule has 0 unspecified atom stereocenters. The van der Waals surface area contributed by atoms with Crippen LogP contribution in [0.25, 0.3) is 0 Å². The van der Waals surface area contributed by atoms with Crippen molar-refractivity contribution in [1.82, 2.24) is 9.78 Å². The van der Waals surface area contributed by atoms with Crippen molar-refractivity contribution < 1.29 is 4.79 Å². The number of aromatic nitrogens is 2. The first-order chi connectivity index (χ1) is 5.59. The first-order valence-corrected chi connectivity index (χ1v) is 4.15. The summed E-state index contributed by atoms with van der Waals surface area (Å²) in [5.74, 6) is 0.0691. The number of halogens is 1. The Morgan fingerprint density at radius 1 is 1.75 bits per heavy atom. The van der Waals surface area contributed by atoms with Gasteiger partial charge in [-0.15, -0.1) is 0 Å². The third-order valence-electron chi connectivity index (χ3n) is 1.33. The van der Waals surface area contributed by atoms with E-state index in [1.807, 2.05) is 0 Å². The van der Waals surface area contributed by atoms with Gasteiger partial charge in [0, 0.05) is 19.2 Å². The largest absolute Gasteiger partial charge is 0.381 e. The predicted octanol–water partition coefficient (Wildman–Crippen LogP) is 0.103. The molecule has 4 N–H and O–H groups in total. The number of nitrogen functional groups attached to an aromatic ring is 1. The highest BCUT2D eigenvalue weighted by Crippen LogP contribution is 2.16. The molecule has 1 aromatic rings. The Kier molecular flexibility index (Phi) is 2.69. The van der Waals surface area contributed by atoms with Crippen LogP contribution >= 0.6 is 15.9 Å². The van der Waals surface area contributed by atoms with Crippen LogP contribution in [0.3, 0.4) is 0 Å². The minimum absolute atomic E-state index is 0.271. The standard InChI is InChI=1S/C6H9BrN4O/c7-4-3-11(10-6(4)9)2-1-5(8)12/h3H,1-2H2,(H2,8,12)(H2,9,10). The van der Waals surface area contributed by atoms with Crippen molar-refractivity contribution in [3.8, 4) is 0 Å². The monoisotopic (exact) mass is 232 g/mol. The fourth-order valence-electron chi connectivity index (χ4n) is 0.751. The number of amides is 1. The van der Waals surface area contributed by atoms with Gasteiger partial charge in [-0.2, -0.15) is 5.10 Å². The molecule has 6 heteroatoms. The van der Waals surface area contributed by atoms with Crippen LogP contribution in [0, 0.1) is 0 Å². The summed E-state index contributed by atoms with van der Waals surface area (Å²) in [6.07, 6.45) is 1.98. The van der Waals surface area contributed by atoms with Crippen LogP contribution in [0.1, 0.15) is 6.42 Å². The highest BCUT2D eigenvalue weighted by Gasteiger charge is 2.02. The maximum atomic E-state index is 10.4. The molecule has 0 aliphatic heterocycles. The van der Waals surface area contributed by atoms with Crippen LogP contribution in [0.2, 0.25) is 0 Å². The van der Waals surface area contributed by atoms with Gasteiger partial charge in [0.25, 0.3) is 0 Å². The lowest BCUT2D eigenvalue weighted by Crippen LogP contribution is -2.14. The zero-order valence-corrected chi connectivity index (χ0v) is 7.91. The van der Waals surface area contributed by atoms with E-state index in [1.165, 1.54) is 0 Å². The third-order valence-corrected chi connectivity index (χ3v) is 1.94. The van der Waals surface area contributed by atoms with Gasteiger partial charge in [0.05, 0.1) is 4.47 Å². The summed E-state index contributed by atoms with van der Waals surface area (Å²) in [4.78, 5) is 10.4. The molecule has 1 heterocycles. The second-order valence-corrected chi connectivity index (χ2v) is 3.20. The zero-order chi connectivity index (χ0) is 9.14. The van der Waals surface area contributed by atoms with E-state index < -0.39 is 0 Å². The van der Waals surface area contributed by atoms with Gasteiger partial charge in [-0.25, -0.2) is 0 Å². The molecule has 66 valence electrons. The van der Waals surface area contributed by atoms with E-state index >= 15 is 0 Å². The number of anilines is 1. The first-order valence-electron chi connectivity index (χ1n) is 3.36. The highest BCUT2D eigenvalue weighted by molar-refractivity contribution is 9.10. The molecule has 1 rings (SSSR count). The molecular weight excluding hydrogens is 224 g/mol. The van der Waals surface area contributed by atoms with E-state index in [0.29, 0.717) is 12.4 Å². The Morgan fingerprint density at radius 3 is 2.83 bits per heavy atom. The number of carbonyl (C=O) groups is 1. The van der Waals surface area contributed by atoms with Crippen molar-refractivity contribution in [1.29, 1.82) is 0 Å². The van der Waals surface area contributed by atoms with Gasteiger partial charge in [0.1, 0.15) is 0 Å². The Labute approximate surface area is 77.8 Å². The molecule has 12 heavy (non-hydrogen) atoms. The number of hydrogen-bond acceptors (Lipinski definition) is 3. The number of carbonyl (C=O) groups excluding carboxylic acids is 1. The molecule has 0 bridgehead atoms. The van der Waals surface area contributed by atoms with Crippen molar-refractivity contribution in [3.63, 3.8) is 0 Å². The minimum atomic E-state index is -0.347. The van der Waals surface area contributed by atoms with E-state index in [4.69, 9.17) is 11.5 Å². The molecule has 0 saturated carbocycles. The van der Waals surface area contributed by atoms with Crippen molar-refractivity contribution in [2.45, 2.75) is 13.0 Å². The Balaban J connectivity index is 2.58. The average molecular weight is 233 g/mol. The smallest absolute Gasteiger partial charge is 0.219 e. The maximum absolute atomic E-state index is 10.4. The number of aryl methyl sites for hydroxylation is 1. The maximum Gasteiger partial charge on any atom is 0.219 e. The minimum Gasteiger partial charge on any atom is -0.381 e. The molecule has 0 fully saturated rings. The molecule has 1 amide bonds. The zero-order valence-electron chi connectivity index (χ0n) is 6.33. The van der Waals surface area contributed by atoms with E-state index in [-0.39, 0.29) is 12.3 Å². The van der Waals surface area contributed by atoms with Gasteiger partial charge >= 0.3 is 0 Å². The Bertz CT molecular complexity index is 276. The fraction of sp³-hybridized carbons (Fsp3) is 0.333. The summed E-state index contributed by atoms with van der Waals surface area (Å²) in [6.45, 7) is 0.463. The van der Waals surface area contributed by atoms with Gasteiger partial charge in [0.2, 0.25) is 5.91 Å². The summed E-state index contributed by atoms with van der Waals surface area (Å²) in [5.41, 5.74) is 10.4. The third kappa shape index (κ3) is 2.23. The van der Waals surface area contributed by atoms with Crippen LogP contribution in [0.5, 0.6) is 0 Å². The lowest BCUT2D eigenvalue weighted by Gasteiger charge is -1.95. The first kappa shape index (κ1) is 9.05. The van der Waals surface area contributed by atoms with Crippen molar-refractivity contribution >= 4 is 27.7 Å². The van der Waals surface area contributed by atoms with Crippen LogP contribution < -0.4 is 11.5 Å². The second kappa shape index (κ2) is 3.57. The molecule has 0 atom stereocenters. The average Bonchev–Trinajstić information content (AvgIpc) is 2.28. The molecular formula is C6H9BrN4O. The van der Waals surface area contributed by atoms with Gasteiger partial charge in [-0.05, 0) is 15.9 Å². The molecule has 5 nitrogen and oxygen atoms in total. The fourth-order valence-corrected chi connectivity index (χ4v) is 1.07. The molecule has 0 aromatic carbocycles. The van der Waals surface area contributed by atoms with Crippen LogP contribution in [0.15, 0.2) is 10.7 Å². The van der Waals surface area contributed by atoms with Crippen LogP contribution in [-0.4, -0.2) is 15.7 Å². The Hall–Kier alpha value is -1.04. The lowest BCUT2D eigenvalue weighted by molar-refractivity contribution is -0.118. The Morgan fingerprint density at radius 2 is 2.42 bits per heavy atom. The van der Waals surface area contributed by atoms with Gasteiger partial charge in [-0.1, -0.05) is 0 Å². The molecule has 0 saturated heterocycles. The summed E-state index contributed by atoms with van der Waals surface area (Å²) >= 11 is 3.20. The number of nitrogens with zero attached hydrogens (tertiary/aromatic N) is 2. The number of hydrogen-bond donors (Lipinski definition) is 2. The molecule has 0 radical (unpaired) electrons. The van der Waals surface area contributed by atoms with Gasteiger partial charge in [-0.3, -0.25) is 9.48 Å². The van der Waals surface area contributed by atoms with Crippen LogP contribution in [0.4, 0.5) is 5.82 Å². The number of nitrogens with two attached hydrogens (primary N) is 2. The second-order valence-electron chi connectivity index (χ2n) is 2.34. The predicted molar refractivity (Wildman–Crippen MR) is 48.2 cm³/mol. The van der Waals surface area contributed by atoms with Crippen molar-refractivity contribution in [2.75, 3.05) is 5.73 Å². The summed E-state index contributed by atoms with van der Waals surface area (Å²) in [6, 6.07) is 0. The summed E-state index contributed by atoms with van der Waals surface area (Å²) in [7, 11) is 0. The summed E-state index contributed by atoms with van der Waals surface area (Å²) < 4.78 is 2.30. The van der Waals surface area contributed by atoms with E-state index in [9.17, 15) is 4.79 Å². The SMILES string of the molecule is NC(=O)CCn1cc(Br)c(N)n1. The van der Waals surface area contributed by atoms with E-state index in [0.717, 1.165) is 4.47 Å². The van der Waals surface area contributed by atoms with Crippen LogP contribution in [-0.2, 0) is 11.3 Å². The molecule has 1 aromatic heterocycles. The molecule has 0 aliphatic carbocycles. The molecule has 0 aliphatic rings. The number of primary amides is 1. The summed E-state index contributed by atoms with van der Waals surface area (Å²) in [5, 5.41) is 3.92. The molecule has 0 spiro atoms. The quantitative estimate of drug-likeness (QED) is 0.776. The highest BCUT2D eigenvalue weighted by atomic mass is 79.9. The normalized spacial score (nSPS) is 10.1.